The smallest absolute Gasteiger partial charge is 0.436 e. The molecule has 0 saturated heterocycles. The van der Waals surface area contributed by atoms with Crippen LogP contribution in [0.5, 0.6) is 0 Å². The highest BCUT2D eigenvalue weighted by molar-refractivity contribution is 5.77. The Morgan fingerprint density at radius 1 is 1.32 bits per heavy atom. The van der Waals surface area contributed by atoms with Crippen molar-refractivity contribution in [2.24, 2.45) is 0 Å². The van der Waals surface area contributed by atoms with Gasteiger partial charge < -0.3 is 14.5 Å². The van der Waals surface area contributed by atoms with Gasteiger partial charge in [-0.15, -0.1) is 0 Å². The van der Waals surface area contributed by atoms with E-state index in [9.17, 15) is 18.0 Å². The summed E-state index contributed by atoms with van der Waals surface area (Å²) in [5, 5.41) is 2.61. The number of oxazole rings is 1. The minimum atomic E-state index is -4.55. The molecule has 0 unspecified atom stereocenters. The molecule has 0 amide bonds. The van der Waals surface area contributed by atoms with Crippen molar-refractivity contribution in [3.8, 4) is 0 Å². The van der Waals surface area contributed by atoms with E-state index in [0.717, 1.165) is 5.56 Å². The number of benzene rings is 1. The number of rotatable bonds is 4. The van der Waals surface area contributed by atoms with E-state index in [-0.39, 0.29) is 12.0 Å². The molecule has 22 heavy (non-hydrogen) atoms. The number of carbonyl (C=O) groups is 1. The van der Waals surface area contributed by atoms with Gasteiger partial charge in [0.15, 0.2) is 5.69 Å². The van der Waals surface area contributed by atoms with Gasteiger partial charge in [0, 0.05) is 5.69 Å². The minimum Gasteiger partial charge on any atom is -0.469 e. The maximum absolute atomic E-state index is 12.4. The third kappa shape index (κ3) is 3.57. The molecule has 0 spiro atoms. The Balaban J connectivity index is 2.08. The van der Waals surface area contributed by atoms with Crippen molar-refractivity contribution in [2.75, 3.05) is 12.4 Å². The van der Waals surface area contributed by atoms with Crippen LogP contribution < -0.4 is 5.32 Å². The largest absolute Gasteiger partial charge is 0.469 e. The zero-order valence-electron chi connectivity index (χ0n) is 11.8. The van der Waals surface area contributed by atoms with E-state index in [2.05, 4.69) is 15.0 Å². The Morgan fingerprint density at radius 3 is 2.45 bits per heavy atom. The van der Waals surface area contributed by atoms with E-state index >= 15 is 0 Å². The van der Waals surface area contributed by atoms with Crippen LogP contribution in [0.1, 0.15) is 24.1 Å². The SMILES string of the molecule is COC(=O)[C@@H](C)c1ccc(Nc2nc(C(F)(F)F)co2)cc1. The van der Waals surface area contributed by atoms with Crippen molar-refractivity contribution < 1.29 is 27.1 Å². The van der Waals surface area contributed by atoms with Crippen molar-refractivity contribution >= 4 is 17.7 Å². The number of carbonyl (C=O) groups excluding carboxylic acids is 1. The molecule has 5 nitrogen and oxygen atoms in total. The lowest BCUT2D eigenvalue weighted by Gasteiger charge is -2.10. The molecule has 1 N–H and O–H groups in total. The van der Waals surface area contributed by atoms with Crippen LogP contribution in [0.2, 0.25) is 0 Å². The van der Waals surface area contributed by atoms with Gasteiger partial charge in [0.05, 0.1) is 13.0 Å². The second-order valence-electron chi connectivity index (χ2n) is 4.53. The first kappa shape index (κ1) is 15.9. The Morgan fingerprint density at radius 2 is 1.95 bits per heavy atom. The van der Waals surface area contributed by atoms with Crippen molar-refractivity contribution in [3.05, 3.63) is 41.8 Å². The van der Waals surface area contributed by atoms with E-state index < -0.39 is 17.8 Å². The van der Waals surface area contributed by atoms with Crippen LogP contribution in [0.4, 0.5) is 24.9 Å². The first-order chi connectivity index (χ1) is 10.3. The number of nitrogens with one attached hydrogen (secondary N) is 1. The van der Waals surface area contributed by atoms with Crippen LogP contribution in [0.25, 0.3) is 0 Å². The Labute approximate surface area is 124 Å². The molecule has 1 heterocycles. The molecule has 0 aliphatic heterocycles. The third-order valence-corrected chi connectivity index (χ3v) is 3.01. The molecule has 1 aromatic carbocycles. The van der Waals surface area contributed by atoms with Gasteiger partial charge in [0.1, 0.15) is 6.26 Å². The molecule has 0 fully saturated rings. The number of esters is 1. The van der Waals surface area contributed by atoms with Gasteiger partial charge in [-0.3, -0.25) is 4.79 Å². The molecular formula is C14H13F3N2O3. The summed E-state index contributed by atoms with van der Waals surface area (Å²) in [6.45, 7) is 1.69. The highest BCUT2D eigenvalue weighted by atomic mass is 19.4. The van der Waals surface area contributed by atoms with E-state index in [1.165, 1.54) is 7.11 Å². The monoisotopic (exact) mass is 314 g/mol. The zero-order valence-corrected chi connectivity index (χ0v) is 11.8. The van der Waals surface area contributed by atoms with Crippen LogP contribution >= 0.6 is 0 Å². The molecule has 118 valence electrons. The molecule has 0 radical (unpaired) electrons. The normalized spacial score (nSPS) is 12.8. The lowest BCUT2D eigenvalue weighted by atomic mass is 10.0. The van der Waals surface area contributed by atoms with Gasteiger partial charge in [-0.05, 0) is 24.6 Å². The fourth-order valence-corrected chi connectivity index (χ4v) is 1.75. The molecule has 1 aromatic heterocycles. The summed E-state index contributed by atoms with van der Waals surface area (Å²) in [6, 6.07) is 6.27. The van der Waals surface area contributed by atoms with Crippen LogP contribution in [-0.2, 0) is 15.7 Å². The average Bonchev–Trinajstić information content (AvgIpc) is 2.95. The third-order valence-electron chi connectivity index (χ3n) is 3.01. The van der Waals surface area contributed by atoms with Crippen molar-refractivity contribution in [1.29, 1.82) is 0 Å². The standard InChI is InChI=1S/C14H13F3N2O3/c1-8(12(20)21-2)9-3-5-10(6-4-9)18-13-19-11(7-22-13)14(15,16)17/h3-8H,1-2H3,(H,18,19)/t8-/m0/s1. The van der Waals surface area contributed by atoms with Gasteiger partial charge >= 0.3 is 12.1 Å². The van der Waals surface area contributed by atoms with E-state index in [4.69, 9.17) is 4.42 Å². The summed E-state index contributed by atoms with van der Waals surface area (Å²) in [4.78, 5) is 14.7. The molecule has 8 heteroatoms. The number of hydrogen-bond donors (Lipinski definition) is 1. The maximum Gasteiger partial charge on any atom is 0.436 e. The first-order valence-corrected chi connectivity index (χ1v) is 6.29. The number of ether oxygens (including phenoxy) is 1. The summed E-state index contributed by atoms with van der Waals surface area (Å²) in [7, 11) is 1.30. The van der Waals surface area contributed by atoms with E-state index in [1.807, 2.05) is 0 Å². The number of anilines is 2. The van der Waals surface area contributed by atoms with E-state index in [0.29, 0.717) is 12.0 Å². The quantitative estimate of drug-likeness (QED) is 0.872. The van der Waals surface area contributed by atoms with Crippen molar-refractivity contribution in [1.82, 2.24) is 4.98 Å². The Bertz CT molecular complexity index is 650. The topological polar surface area (TPSA) is 64.4 Å². The number of alkyl halides is 3. The van der Waals surface area contributed by atoms with Crippen LogP contribution in [0.3, 0.4) is 0 Å². The number of halogens is 3. The number of aromatic nitrogens is 1. The molecule has 1 atom stereocenters. The predicted octanol–water partition coefficient (Wildman–Crippen LogP) is 3.71. The summed E-state index contributed by atoms with van der Waals surface area (Å²) < 4.78 is 46.5. The van der Waals surface area contributed by atoms with Crippen LogP contribution in [0, 0.1) is 0 Å². The first-order valence-electron chi connectivity index (χ1n) is 6.29. The van der Waals surface area contributed by atoms with Crippen molar-refractivity contribution in [3.63, 3.8) is 0 Å². The Kier molecular flexibility index (Phi) is 4.39. The highest BCUT2D eigenvalue weighted by Crippen LogP contribution is 2.30. The van der Waals surface area contributed by atoms with Gasteiger partial charge in [0.25, 0.3) is 6.01 Å². The van der Waals surface area contributed by atoms with Gasteiger partial charge in [-0.2, -0.15) is 18.2 Å². The summed E-state index contributed by atoms with van der Waals surface area (Å²) >= 11 is 0. The van der Waals surface area contributed by atoms with Crippen LogP contribution in [-0.4, -0.2) is 18.1 Å². The lowest BCUT2D eigenvalue weighted by Crippen LogP contribution is -2.10. The van der Waals surface area contributed by atoms with Gasteiger partial charge in [0.2, 0.25) is 0 Å². The average molecular weight is 314 g/mol. The summed E-state index contributed by atoms with van der Waals surface area (Å²) in [6.07, 6.45) is -4.01. The lowest BCUT2D eigenvalue weighted by molar-refractivity contribution is -0.142. The van der Waals surface area contributed by atoms with Crippen molar-refractivity contribution in [2.45, 2.75) is 19.0 Å². The minimum absolute atomic E-state index is 0.263. The zero-order chi connectivity index (χ0) is 16.3. The second kappa shape index (κ2) is 6.08. The molecule has 0 saturated carbocycles. The molecule has 2 aromatic rings. The highest BCUT2D eigenvalue weighted by Gasteiger charge is 2.34. The molecule has 2 rings (SSSR count). The second-order valence-corrected chi connectivity index (χ2v) is 4.53. The van der Waals surface area contributed by atoms with Crippen LogP contribution in [0.15, 0.2) is 34.9 Å². The molecular weight excluding hydrogens is 301 g/mol. The van der Waals surface area contributed by atoms with E-state index in [1.54, 1.807) is 31.2 Å². The Hall–Kier alpha value is -2.51. The van der Waals surface area contributed by atoms with Gasteiger partial charge in [-0.1, -0.05) is 12.1 Å². The maximum atomic E-state index is 12.4. The molecule has 0 aliphatic carbocycles. The molecule has 0 aliphatic rings. The number of methoxy groups -OCH3 is 1. The van der Waals surface area contributed by atoms with Gasteiger partial charge in [-0.25, -0.2) is 0 Å². The number of nitrogens with zero attached hydrogens (tertiary/aromatic N) is 1. The number of hydrogen-bond acceptors (Lipinski definition) is 5. The predicted molar refractivity (Wildman–Crippen MR) is 71.7 cm³/mol. The fraction of sp³-hybridized carbons (Fsp3) is 0.286. The fourth-order valence-electron chi connectivity index (χ4n) is 1.75. The molecule has 0 bridgehead atoms. The summed E-state index contributed by atoms with van der Waals surface area (Å²) in [5.41, 5.74) is 0.100. The summed E-state index contributed by atoms with van der Waals surface area (Å²) in [5.74, 6) is -0.805.